The molecule has 1 amide bonds. The van der Waals surface area contributed by atoms with E-state index in [1.165, 1.54) is 28.0 Å². The van der Waals surface area contributed by atoms with Gasteiger partial charge in [0.05, 0.1) is 16.0 Å². The van der Waals surface area contributed by atoms with Crippen molar-refractivity contribution < 1.29 is 4.79 Å². The Bertz CT molecular complexity index is 1010. The summed E-state index contributed by atoms with van der Waals surface area (Å²) in [6.45, 7) is 8.17. The van der Waals surface area contributed by atoms with Gasteiger partial charge >= 0.3 is 4.87 Å². The Balaban J connectivity index is 1.61. The number of hydrogen-bond acceptors (Lipinski definition) is 4. The first-order chi connectivity index (χ1) is 12.8. The van der Waals surface area contributed by atoms with Crippen LogP contribution in [0.1, 0.15) is 36.6 Å². The van der Waals surface area contributed by atoms with Crippen molar-refractivity contribution in [2.24, 2.45) is 0 Å². The monoisotopic (exact) mass is 400 g/mol. The van der Waals surface area contributed by atoms with E-state index in [1.54, 1.807) is 16.3 Å². The number of amides is 1. The first-order valence-corrected chi connectivity index (χ1v) is 10.9. The highest BCUT2D eigenvalue weighted by molar-refractivity contribution is 7.99. The van der Waals surface area contributed by atoms with Crippen LogP contribution < -0.4 is 10.2 Å². The zero-order chi connectivity index (χ0) is 19.6. The van der Waals surface area contributed by atoms with Gasteiger partial charge in [0, 0.05) is 17.5 Å². The fourth-order valence-electron chi connectivity index (χ4n) is 3.21. The SMILES string of the molecule is Cc1cc(C)cc(CSCC(=O)Nc2ccc3c(c2)sc(=O)n3C(C)C)c1. The molecule has 2 aromatic carbocycles. The molecule has 0 radical (unpaired) electrons. The van der Waals surface area contributed by atoms with Gasteiger partial charge in [-0.3, -0.25) is 14.2 Å². The number of thiazole rings is 1. The van der Waals surface area contributed by atoms with Crippen molar-refractivity contribution in [1.29, 1.82) is 0 Å². The molecule has 0 fully saturated rings. The molecule has 1 N–H and O–H groups in total. The van der Waals surface area contributed by atoms with E-state index in [-0.39, 0.29) is 16.8 Å². The third-order valence-corrected chi connectivity index (χ3v) is 6.12. The van der Waals surface area contributed by atoms with Gasteiger partial charge < -0.3 is 5.32 Å². The second-order valence-corrected chi connectivity index (χ2v) is 9.03. The zero-order valence-corrected chi connectivity index (χ0v) is 17.7. The van der Waals surface area contributed by atoms with Crippen LogP contribution in [0.2, 0.25) is 0 Å². The molecule has 4 nitrogen and oxygen atoms in total. The van der Waals surface area contributed by atoms with Crippen molar-refractivity contribution in [3.63, 3.8) is 0 Å². The molecule has 0 atom stereocenters. The van der Waals surface area contributed by atoms with Gasteiger partial charge in [-0.05, 0) is 51.5 Å². The highest BCUT2D eigenvalue weighted by Gasteiger charge is 2.11. The standard InChI is InChI=1S/C21H24N2O2S2/c1-13(2)23-18-6-5-17(10-19(18)27-21(23)25)22-20(24)12-26-11-16-8-14(3)7-15(4)9-16/h5-10,13H,11-12H2,1-4H3,(H,22,24). The summed E-state index contributed by atoms with van der Waals surface area (Å²) in [5.74, 6) is 1.18. The highest BCUT2D eigenvalue weighted by atomic mass is 32.2. The van der Waals surface area contributed by atoms with Crippen molar-refractivity contribution in [1.82, 2.24) is 4.57 Å². The Morgan fingerprint density at radius 2 is 1.85 bits per heavy atom. The number of carbonyl (C=O) groups is 1. The molecule has 1 heterocycles. The summed E-state index contributed by atoms with van der Waals surface area (Å²) in [6.07, 6.45) is 0. The average molecular weight is 401 g/mol. The fraction of sp³-hybridized carbons (Fsp3) is 0.333. The molecule has 0 aliphatic heterocycles. The molecule has 0 spiro atoms. The van der Waals surface area contributed by atoms with Crippen LogP contribution in [0.5, 0.6) is 0 Å². The van der Waals surface area contributed by atoms with Gasteiger partial charge in [0.25, 0.3) is 0 Å². The molecule has 1 aromatic heterocycles. The molecule has 142 valence electrons. The first-order valence-electron chi connectivity index (χ1n) is 8.93. The molecule has 3 aromatic rings. The molecule has 3 rings (SSSR count). The maximum Gasteiger partial charge on any atom is 0.308 e. The molecule has 0 saturated heterocycles. The van der Waals surface area contributed by atoms with Crippen LogP contribution in [0.3, 0.4) is 0 Å². The maximum absolute atomic E-state index is 12.3. The quantitative estimate of drug-likeness (QED) is 0.624. The third-order valence-electron chi connectivity index (χ3n) is 4.20. The minimum Gasteiger partial charge on any atom is -0.325 e. The van der Waals surface area contributed by atoms with Gasteiger partial charge in [0.2, 0.25) is 5.91 Å². The number of fused-ring (bicyclic) bond motifs is 1. The number of aromatic nitrogens is 1. The van der Waals surface area contributed by atoms with Crippen LogP contribution in [0.25, 0.3) is 10.2 Å². The van der Waals surface area contributed by atoms with Crippen LogP contribution in [-0.2, 0) is 10.5 Å². The van der Waals surface area contributed by atoms with Gasteiger partial charge in [-0.1, -0.05) is 40.7 Å². The predicted molar refractivity (Wildman–Crippen MR) is 117 cm³/mol. The van der Waals surface area contributed by atoms with Crippen LogP contribution in [-0.4, -0.2) is 16.2 Å². The lowest BCUT2D eigenvalue weighted by Crippen LogP contribution is -2.15. The summed E-state index contributed by atoms with van der Waals surface area (Å²) < 4.78 is 2.68. The number of rotatable bonds is 6. The largest absolute Gasteiger partial charge is 0.325 e. The van der Waals surface area contributed by atoms with E-state index >= 15 is 0 Å². The normalized spacial score (nSPS) is 11.3. The molecular formula is C21H24N2O2S2. The number of aryl methyl sites for hydroxylation is 2. The van der Waals surface area contributed by atoms with Gasteiger partial charge in [-0.15, -0.1) is 11.8 Å². The highest BCUT2D eigenvalue weighted by Crippen LogP contribution is 2.24. The summed E-state index contributed by atoms with van der Waals surface area (Å²) in [5, 5.41) is 2.94. The third kappa shape index (κ3) is 4.82. The van der Waals surface area contributed by atoms with E-state index < -0.39 is 0 Å². The van der Waals surface area contributed by atoms with Crippen LogP contribution in [0, 0.1) is 13.8 Å². The smallest absolute Gasteiger partial charge is 0.308 e. The number of anilines is 1. The summed E-state index contributed by atoms with van der Waals surface area (Å²) in [7, 11) is 0. The van der Waals surface area contributed by atoms with Crippen LogP contribution in [0.4, 0.5) is 5.69 Å². The van der Waals surface area contributed by atoms with E-state index in [0.717, 1.165) is 21.7 Å². The molecule has 0 bridgehead atoms. The number of carbonyl (C=O) groups excluding carboxylic acids is 1. The van der Waals surface area contributed by atoms with Gasteiger partial charge in [-0.25, -0.2) is 0 Å². The van der Waals surface area contributed by atoms with Crippen molar-refractivity contribution in [2.75, 3.05) is 11.1 Å². The Morgan fingerprint density at radius 3 is 2.52 bits per heavy atom. The van der Waals surface area contributed by atoms with E-state index in [4.69, 9.17) is 0 Å². The number of thioether (sulfide) groups is 1. The van der Waals surface area contributed by atoms with Crippen molar-refractivity contribution in [3.05, 3.63) is 62.8 Å². The van der Waals surface area contributed by atoms with E-state index in [1.807, 2.05) is 32.0 Å². The second-order valence-electron chi connectivity index (χ2n) is 7.05. The lowest BCUT2D eigenvalue weighted by molar-refractivity contribution is -0.113. The molecule has 0 aliphatic carbocycles. The van der Waals surface area contributed by atoms with Gasteiger partial charge in [0.15, 0.2) is 0 Å². The lowest BCUT2D eigenvalue weighted by Gasteiger charge is -2.09. The molecule has 6 heteroatoms. The maximum atomic E-state index is 12.3. The lowest BCUT2D eigenvalue weighted by atomic mass is 10.1. The Hall–Kier alpha value is -2.05. The van der Waals surface area contributed by atoms with Crippen molar-refractivity contribution >= 4 is 44.9 Å². The second kappa shape index (κ2) is 8.31. The number of benzene rings is 2. The van der Waals surface area contributed by atoms with Crippen molar-refractivity contribution in [3.8, 4) is 0 Å². The van der Waals surface area contributed by atoms with Crippen LogP contribution >= 0.6 is 23.1 Å². The number of nitrogens with zero attached hydrogens (tertiary/aromatic N) is 1. The summed E-state index contributed by atoms with van der Waals surface area (Å²) in [4.78, 5) is 24.4. The molecule has 0 aliphatic rings. The number of nitrogens with one attached hydrogen (secondary N) is 1. The predicted octanol–water partition coefficient (Wildman–Crippen LogP) is 5.13. The Labute approximate surface area is 167 Å². The van der Waals surface area contributed by atoms with Crippen LogP contribution in [0.15, 0.2) is 41.2 Å². The molecular weight excluding hydrogens is 376 g/mol. The topological polar surface area (TPSA) is 51.1 Å². The average Bonchev–Trinajstić information content (AvgIpc) is 2.89. The Kier molecular flexibility index (Phi) is 6.07. The fourth-order valence-corrected chi connectivity index (χ4v) is 5.03. The minimum atomic E-state index is -0.0284. The Morgan fingerprint density at radius 1 is 1.15 bits per heavy atom. The summed E-state index contributed by atoms with van der Waals surface area (Å²) in [5.41, 5.74) is 5.39. The van der Waals surface area contributed by atoms with Gasteiger partial charge in [0.1, 0.15) is 0 Å². The molecule has 0 saturated carbocycles. The zero-order valence-electron chi connectivity index (χ0n) is 16.0. The number of hydrogen-bond donors (Lipinski definition) is 1. The van der Waals surface area contributed by atoms with E-state index in [0.29, 0.717) is 5.75 Å². The van der Waals surface area contributed by atoms with E-state index in [9.17, 15) is 9.59 Å². The van der Waals surface area contributed by atoms with Crippen molar-refractivity contribution in [2.45, 2.75) is 39.5 Å². The summed E-state index contributed by atoms with van der Waals surface area (Å²) >= 11 is 2.82. The first kappa shape index (κ1) is 19.7. The molecule has 27 heavy (non-hydrogen) atoms. The molecule has 0 unspecified atom stereocenters. The minimum absolute atomic E-state index is 0.0284. The van der Waals surface area contributed by atoms with Gasteiger partial charge in [-0.2, -0.15) is 0 Å². The van der Waals surface area contributed by atoms with E-state index in [2.05, 4.69) is 37.4 Å². The summed E-state index contributed by atoms with van der Waals surface area (Å²) in [6, 6.07) is 12.2.